The highest BCUT2D eigenvalue weighted by Gasteiger charge is 2.51. The summed E-state index contributed by atoms with van der Waals surface area (Å²) < 4.78 is 27.5. The van der Waals surface area contributed by atoms with E-state index in [1.54, 1.807) is 22.5 Å². The van der Waals surface area contributed by atoms with E-state index in [0.717, 1.165) is 43.2 Å². The molecule has 2 aliphatic rings. The molecule has 4 rings (SSSR count). The van der Waals surface area contributed by atoms with Crippen LogP contribution in [0, 0.1) is 6.92 Å². The number of sulfonamides is 1. The fraction of sp³-hybridized carbons (Fsp3) is 0.409. The predicted octanol–water partition coefficient (Wildman–Crippen LogP) is 3.84. The standard InChI is InChI=1S/C22H26N2O3S/c1-17-10-11-19(28(26,27)24-14-6-3-7-15-24)16-20(17)23-21(25)22(12-13-22)18-8-4-2-5-9-18/h2,4-5,8-11,16H,3,6-7,12-15H2,1H3,(H,23,25). The number of aryl methyl sites for hydroxylation is 1. The van der Waals surface area contributed by atoms with Crippen molar-refractivity contribution in [3.63, 3.8) is 0 Å². The molecule has 0 atom stereocenters. The summed E-state index contributed by atoms with van der Waals surface area (Å²) >= 11 is 0. The molecule has 1 heterocycles. The van der Waals surface area contributed by atoms with Gasteiger partial charge < -0.3 is 5.32 Å². The zero-order valence-corrected chi connectivity index (χ0v) is 17.0. The van der Waals surface area contributed by atoms with Crippen LogP contribution < -0.4 is 5.32 Å². The Kier molecular flexibility index (Phi) is 5.02. The first-order valence-corrected chi connectivity index (χ1v) is 11.4. The van der Waals surface area contributed by atoms with Gasteiger partial charge in [-0.3, -0.25) is 4.79 Å². The van der Waals surface area contributed by atoms with Gasteiger partial charge in [-0.25, -0.2) is 8.42 Å². The number of carbonyl (C=O) groups is 1. The topological polar surface area (TPSA) is 66.5 Å². The molecule has 5 nitrogen and oxygen atoms in total. The van der Waals surface area contributed by atoms with Crippen LogP contribution in [-0.4, -0.2) is 31.7 Å². The number of hydrogen-bond donors (Lipinski definition) is 1. The van der Waals surface area contributed by atoms with Gasteiger partial charge in [-0.1, -0.05) is 42.8 Å². The number of hydrogen-bond acceptors (Lipinski definition) is 3. The Balaban J connectivity index is 1.59. The third-order valence-corrected chi connectivity index (χ3v) is 7.82. The van der Waals surface area contributed by atoms with Crippen molar-refractivity contribution in [2.45, 2.75) is 49.3 Å². The SMILES string of the molecule is Cc1ccc(S(=O)(=O)N2CCCCC2)cc1NC(=O)C1(c2ccccc2)CC1. The molecular formula is C22H26N2O3S. The van der Waals surface area contributed by atoms with Crippen LogP contribution in [0.1, 0.15) is 43.2 Å². The van der Waals surface area contributed by atoms with Crippen molar-refractivity contribution < 1.29 is 13.2 Å². The second kappa shape index (κ2) is 7.33. The summed E-state index contributed by atoms with van der Waals surface area (Å²) in [6.07, 6.45) is 4.49. The molecule has 1 aliphatic carbocycles. The number of amides is 1. The van der Waals surface area contributed by atoms with E-state index in [9.17, 15) is 13.2 Å². The summed E-state index contributed by atoms with van der Waals surface area (Å²) in [6, 6.07) is 14.8. The van der Waals surface area contributed by atoms with Crippen LogP contribution in [0.25, 0.3) is 0 Å². The zero-order chi connectivity index (χ0) is 19.8. The molecule has 148 valence electrons. The maximum atomic E-state index is 13.0. The Morgan fingerprint density at radius 2 is 1.68 bits per heavy atom. The average molecular weight is 399 g/mol. The number of piperidine rings is 1. The van der Waals surface area contributed by atoms with E-state index in [1.165, 1.54) is 0 Å². The smallest absolute Gasteiger partial charge is 0.243 e. The quantitative estimate of drug-likeness (QED) is 0.832. The Morgan fingerprint density at radius 1 is 1.00 bits per heavy atom. The maximum absolute atomic E-state index is 13.0. The van der Waals surface area contributed by atoms with Gasteiger partial charge in [0.1, 0.15) is 0 Å². The van der Waals surface area contributed by atoms with E-state index >= 15 is 0 Å². The summed E-state index contributed by atoms with van der Waals surface area (Å²) in [7, 11) is -3.53. The van der Waals surface area contributed by atoms with Crippen LogP contribution >= 0.6 is 0 Å². The third kappa shape index (κ3) is 3.47. The second-order valence-corrected chi connectivity index (χ2v) is 9.78. The van der Waals surface area contributed by atoms with Gasteiger partial charge in [-0.2, -0.15) is 4.31 Å². The molecule has 0 unspecified atom stereocenters. The molecule has 2 fully saturated rings. The third-order valence-electron chi connectivity index (χ3n) is 5.92. The van der Waals surface area contributed by atoms with Crippen LogP contribution in [0.4, 0.5) is 5.69 Å². The number of anilines is 1. The molecule has 0 bridgehead atoms. The Hall–Kier alpha value is -2.18. The lowest BCUT2D eigenvalue weighted by Crippen LogP contribution is -2.35. The van der Waals surface area contributed by atoms with Crippen LogP contribution in [-0.2, 0) is 20.2 Å². The first-order chi connectivity index (χ1) is 13.4. The molecule has 1 N–H and O–H groups in total. The van der Waals surface area contributed by atoms with E-state index in [1.807, 2.05) is 37.3 Å². The molecule has 0 spiro atoms. The van der Waals surface area contributed by atoms with Crippen molar-refractivity contribution >= 4 is 21.6 Å². The molecule has 2 aromatic rings. The van der Waals surface area contributed by atoms with E-state index in [4.69, 9.17) is 0 Å². The molecule has 0 radical (unpaired) electrons. The molecule has 1 aliphatic heterocycles. The van der Waals surface area contributed by atoms with Gasteiger partial charge in [0.2, 0.25) is 15.9 Å². The number of carbonyl (C=O) groups excluding carboxylic acids is 1. The Bertz CT molecular complexity index is 976. The largest absolute Gasteiger partial charge is 0.325 e. The van der Waals surface area contributed by atoms with Crippen molar-refractivity contribution in [1.82, 2.24) is 4.31 Å². The first kappa shape index (κ1) is 19.2. The fourth-order valence-corrected chi connectivity index (χ4v) is 5.47. The first-order valence-electron chi connectivity index (χ1n) is 9.91. The van der Waals surface area contributed by atoms with E-state index < -0.39 is 15.4 Å². The lowest BCUT2D eigenvalue weighted by Gasteiger charge is -2.26. The fourth-order valence-electron chi connectivity index (χ4n) is 3.92. The lowest BCUT2D eigenvalue weighted by molar-refractivity contribution is -0.118. The molecule has 28 heavy (non-hydrogen) atoms. The second-order valence-electron chi connectivity index (χ2n) is 7.84. The monoisotopic (exact) mass is 398 g/mol. The van der Waals surface area contributed by atoms with Gasteiger partial charge in [0.15, 0.2) is 0 Å². The van der Waals surface area contributed by atoms with Crippen LogP contribution in [0.15, 0.2) is 53.4 Å². The minimum absolute atomic E-state index is 0.0608. The molecule has 1 saturated carbocycles. The number of nitrogens with zero attached hydrogens (tertiary/aromatic N) is 1. The number of rotatable bonds is 5. The van der Waals surface area contributed by atoms with Crippen molar-refractivity contribution in [3.05, 3.63) is 59.7 Å². The van der Waals surface area contributed by atoms with Crippen LogP contribution in [0.5, 0.6) is 0 Å². The van der Waals surface area contributed by atoms with Gasteiger partial charge >= 0.3 is 0 Å². The normalized spacial score (nSPS) is 19.2. The highest BCUT2D eigenvalue weighted by molar-refractivity contribution is 7.89. The zero-order valence-electron chi connectivity index (χ0n) is 16.1. The minimum Gasteiger partial charge on any atom is -0.325 e. The highest BCUT2D eigenvalue weighted by Crippen LogP contribution is 2.49. The van der Waals surface area contributed by atoms with Gasteiger partial charge in [-0.05, 0) is 55.9 Å². The van der Waals surface area contributed by atoms with Crippen molar-refractivity contribution in [1.29, 1.82) is 0 Å². The van der Waals surface area contributed by atoms with Crippen molar-refractivity contribution in [2.75, 3.05) is 18.4 Å². The molecule has 0 aromatic heterocycles. The molecule has 2 aromatic carbocycles. The number of nitrogens with one attached hydrogen (secondary N) is 1. The van der Waals surface area contributed by atoms with E-state index in [2.05, 4.69) is 5.32 Å². The van der Waals surface area contributed by atoms with Crippen LogP contribution in [0.3, 0.4) is 0 Å². The van der Waals surface area contributed by atoms with Gasteiger partial charge in [0, 0.05) is 18.8 Å². The number of benzene rings is 2. The highest BCUT2D eigenvalue weighted by atomic mass is 32.2. The summed E-state index contributed by atoms with van der Waals surface area (Å²) in [5.41, 5.74) is 1.96. The summed E-state index contributed by atoms with van der Waals surface area (Å²) in [6.45, 7) is 3.01. The molecule has 1 amide bonds. The van der Waals surface area contributed by atoms with E-state index in [-0.39, 0.29) is 10.8 Å². The van der Waals surface area contributed by atoms with E-state index in [0.29, 0.717) is 18.8 Å². The molecule has 6 heteroatoms. The minimum atomic E-state index is -3.53. The Labute approximate surface area is 166 Å². The summed E-state index contributed by atoms with van der Waals surface area (Å²) in [5.74, 6) is -0.0608. The maximum Gasteiger partial charge on any atom is 0.243 e. The Morgan fingerprint density at radius 3 is 2.32 bits per heavy atom. The average Bonchev–Trinajstić information content (AvgIpc) is 3.53. The summed E-state index contributed by atoms with van der Waals surface area (Å²) in [4.78, 5) is 13.3. The lowest BCUT2D eigenvalue weighted by atomic mass is 9.95. The summed E-state index contributed by atoms with van der Waals surface area (Å²) in [5, 5.41) is 3.00. The van der Waals surface area contributed by atoms with Gasteiger partial charge in [0.25, 0.3) is 0 Å². The molecule has 1 saturated heterocycles. The van der Waals surface area contributed by atoms with Crippen LogP contribution in [0.2, 0.25) is 0 Å². The molecular weight excluding hydrogens is 372 g/mol. The van der Waals surface area contributed by atoms with Crippen molar-refractivity contribution in [2.24, 2.45) is 0 Å². The predicted molar refractivity (Wildman–Crippen MR) is 110 cm³/mol. The van der Waals surface area contributed by atoms with Gasteiger partial charge in [0.05, 0.1) is 10.3 Å². The van der Waals surface area contributed by atoms with Crippen molar-refractivity contribution in [3.8, 4) is 0 Å². The van der Waals surface area contributed by atoms with Gasteiger partial charge in [-0.15, -0.1) is 0 Å².